The zero-order chi connectivity index (χ0) is 29.5. The number of aromatic amines is 2. The summed E-state index contributed by atoms with van der Waals surface area (Å²) in [5.41, 5.74) is 5.92. The molecule has 1 saturated heterocycles. The minimum absolute atomic E-state index is 0.0459. The van der Waals surface area contributed by atoms with Gasteiger partial charge in [0.15, 0.2) is 11.9 Å². The van der Waals surface area contributed by atoms with E-state index in [0.717, 1.165) is 76.2 Å². The van der Waals surface area contributed by atoms with Crippen LogP contribution in [0, 0.1) is 6.92 Å². The molecule has 0 saturated carbocycles. The number of likely N-dealkylation sites (tertiary alicyclic amines) is 1. The van der Waals surface area contributed by atoms with Gasteiger partial charge in [0.2, 0.25) is 0 Å². The van der Waals surface area contributed by atoms with Gasteiger partial charge in [-0.15, -0.1) is 0 Å². The van der Waals surface area contributed by atoms with Gasteiger partial charge in [0.1, 0.15) is 0 Å². The lowest BCUT2D eigenvalue weighted by Gasteiger charge is -2.33. The fourth-order valence-electron chi connectivity index (χ4n) is 6.75. The molecule has 43 heavy (non-hydrogen) atoms. The maximum atomic E-state index is 13.7. The van der Waals surface area contributed by atoms with Crippen molar-refractivity contribution in [2.75, 3.05) is 26.2 Å². The summed E-state index contributed by atoms with van der Waals surface area (Å²) in [6.07, 6.45) is 4.83. The number of carbonyl (C=O) groups is 1. The first kappa shape index (κ1) is 27.4. The van der Waals surface area contributed by atoms with Gasteiger partial charge in [-0.25, -0.2) is 9.78 Å². The number of hydrogen-bond acceptors (Lipinski definition) is 6. The van der Waals surface area contributed by atoms with Gasteiger partial charge in [-0.3, -0.25) is 14.8 Å². The quantitative estimate of drug-likeness (QED) is 0.291. The van der Waals surface area contributed by atoms with Gasteiger partial charge in [0.05, 0.1) is 17.4 Å². The van der Waals surface area contributed by atoms with Gasteiger partial charge in [0.25, 0.3) is 5.56 Å². The highest BCUT2D eigenvalue weighted by Crippen LogP contribution is 2.31. The molecule has 10 heteroatoms. The van der Waals surface area contributed by atoms with Crippen LogP contribution in [0.25, 0.3) is 21.8 Å². The fraction of sp³-hybridized carbons (Fsp3) is 0.394. The van der Waals surface area contributed by atoms with Crippen molar-refractivity contribution in [3.63, 3.8) is 0 Å². The average Bonchev–Trinajstić information content (AvgIpc) is 3.68. The number of aromatic nitrogens is 5. The largest absolute Gasteiger partial charge is 0.438 e. The fourth-order valence-corrected chi connectivity index (χ4v) is 6.75. The van der Waals surface area contributed by atoms with Crippen molar-refractivity contribution in [2.24, 2.45) is 0 Å². The lowest BCUT2D eigenvalue weighted by molar-refractivity contribution is 0.0496. The highest BCUT2D eigenvalue weighted by molar-refractivity contribution is 5.82. The Morgan fingerprint density at radius 3 is 2.74 bits per heavy atom. The summed E-state index contributed by atoms with van der Waals surface area (Å²) < 4.78 is 8.54. The van der Waals surface area contributed by atoms with E-state index in [2.05, 4.69) is 50.6 Å². The summed E-state index contributed by atoms with van der Waals surface area (Å²) in [4.78, 5) is 38.5. The second kappa shape index (κ2) is 11.3. The third-order valence-electron chi connectivity index (χ3n) is 9.17. The number of nitrogens with one attached hydrogen (secondary N) is 2. The first-order valence-electron chi connectivity index (χ1n) is 15.2. The molecule has 0 aliphatic carbocycles. The summed E-state index contributed by atoms with van der Waals surface area (Å²) in [5.74, 6) is 0.889. The van der Waals surface area contributed by atoms with Crippen LogP contribution in [0.2, 0.25) is 0 Å². The molecule has 5 aromatic rings. The van der Waals surface area contributed by atoms with Crippen molar-refractivity contribution >= 4 is 27.9 Å². The molecule has 2 N–H and O–H groups in total. The molecule has 1 fully saturated rings. The number of amides is 1. The van der Waals surface area contributed by atoms with Gasteiger partial charge < -0.3 is 19.2 Å². The SMILES string of the molecule is CCN1CCn2c(cnc2C(Cc2cc(C)c3[nH]ncc3c2)OC(=O)N2CCC(c3cc4ccccc4[nH]c3=O)CC2)C1. The second-order valence-corrected chi connectivity index (χ2v) is 11.9. The summed E-state index contributed by atoms with van der Waals surface area (Å²) in [5, 5.41) is 9.33. The van der Waals surface area contributed by atoms with Gasteiger partial charge in [-0.05, 0) is 66.9 Å². The average molecular weight is 580 g/mol. The van der Waals surface area contributed by atoms with E-state index in [-0.39, 0.29) is 17.6 Å². The van der Waals surface area contributed by atoms with Crippen LogP contribution in [0.4, 0.5) is 4.79 Å². The molecule has 2 aliphatic rings. The number of rotatable bonds is 6. The predicted molar refractivity (Wildman–Crippen MR) is 165 cm³/mol. The zero-order valence-corrected chi connectivity index (χ0v) is 24.7. The molecule has 222 valence electrons. The molecular weight excluding hydrogens is 542 g/mol. The Kier molecular flexibility index (Phi) is 7.22. The lowest BCUT2D eigenvalue weighted by atomic mass is 9.89. The van der Waals surface area contributed by atoms with E-state index in [1.807, 2.05) is 42.7 Å². The Labute approximate surface area is 249 Å². The standard InChI is InChI=1S/C33H37N7O3/c1-3-38-12-13-40-26(20-38)19-34-31(40)29(16-22-14-21(2)30-25(15-22)18-35-37-30)43-33(42)39-10-8-23(9-11-39)27-17-24-6-4-5-7-28(24)36-32(27)41/h4-7,14-15,17-19,23,29H,3,8-13,16,20H2,1-2H3,(H,35,37)(H,36,41). The normalized spacial score (nSPS) is 16.9. The summed E-state index contributed by atoms with van der Waals surface area (Å²) in [6.45, 7) is 8.89. The van der Waals surface area contributed by atoms with Crippen molar-refractivity contribution in [3.05, 3.63) is 93.4 Å². The molecule has 2 aromatic carbocycles. The molecule has 5 heterocycles. The minimum atomic E-state index is -0.528. The van der Waals surface area contributed by atoms with Crippen LogP contribution < -0.4 is 5.56 Å². The summed E-state index contributed by atoms with van der Waals surface area (Å²) in [6, 6.07) is 14.1. The maximum absolute atomic E-state index is 13.7. The number of nitrogens with zero attached hydrogens (tertiary/aromatic N) is 5. The lowest BCUT2D eigenvalue weighted by Crippen LogP contribution is -2.40. The number of carbonyl (C=O) groups excluding carboxylic acids is 1. The van der Waals surface area contributed by atoms with Crippen LogP contribution in [0.5, 0.6) is 0 Å². The molecule has 0 bridgehead atoms. The minimum Gasteiger partial charge on any atom is -0.438 e. The van der Waals surface area contributed by atoms with Crippen molar-refractivity contribution in [2.45, 2.75) is 58.2 Å². The van der Waals surface area contributed by atoms with Crippen molar-refractivity contribution in [1.29, 1.82) is 0 Å². The Balaban J connectivity index is 1.10. The number of para-hydroxylation sites is 1. The van der Waals surface area contributed by atoms with E-state index < -0.39 is 6.10 Å². The van der Waals surface area contributed by atoms with E-state index in [0.29, 0.717) is 32.4 Å². The number of likely N-dealkylation sites (N-methyl/N-ethyl adjacent to an activating group) is 1. The molecule has 0 spiro atoms. The van der Waals surface area contributed by atoms with Crippen LogP contribution in [-0.4, -0.2) is 66.8 Å². The number of H-pyrrole nitrogens is 2. The van der Waals surface area contributed by atoms with E-state index in [4.69, 9.17) is 9.72 Å². The third-order valence-corrected chi connectivity index (χ3v) is 9.17. The van der Waals surface area contributed by atoms with Gasteiger partial charge in [0, 0.05) is 61.8 Å². The van der Waals surface area contributed by atoms with Crippen molar-refractivity contribution in [3.8, 4) is 0 Å². The van der Waals surface area contributed by atoms with Crippen molar-refractivity contribution in [1.82, 2.24) is 34.5 Å². The first-order valence-corrected chi connectivity index (χ1v) is 15.2. The zero-order valence-electron chi connectivity index (χ0n) is 24.7. The number of fused-ring (bicyclic) bond motifs is 3. The van der Waals surface area contributed by atoms with E-state index in [1.165, 1.54) is 0 Å². The Morgan fingerprint density at radius 1 is 1.07 bits per heavy atom. The maximum Gasteiger partial charge on any atom is 0.410 e. The summed E-state index contributed by atoms with van der Waals surface area (Å²) >= 11 is 0. The monoisotopic (exact) mass is 579 g/mol. The van der Waals surface area contributed by atoms with Crippen LogP contribution >= 0.6 is 0 Å². The number of aryl methyl sites for hydroxylation is 1. The highest BCUT2D eigenvalue weighted by Gasteiger charge is 2.31. The number of hydrogen-bond donors (Lipinski definition) is 2. The number of ether oxygens (including phenoxy) is 1. The molecule has 7 rings (SSSR count). The van der Waals surface area contributed by atoms with E-state index >= 15 is 0 Å². The van der Waals surface area contributed by atoms with E-state index in [9.17, 15) is 9.59 Å². The number of pyridine rings is 1. The van der Waals surface area contributed by atoms with Crippen LogP contribution in [0.15, 0.2) is 59.7 Å². The predicted octanol–water partition coefficient (Wildman–Crippen LogP) is 5.04. The van der Waals surface area contributed by atoms with Gasteiger partial charge in [-0.1, -0.05) is 31.2 Å². The summed E-state index contributed by atoms with van der Waals surface area (Å²) in [7, 11) is 0. The van der Waals surface area contributed by atoms with Gasteiger partial charge >= 0.3 is 6.09 Å². The molecule has 1 atom stereocenters. The molecule has 0 radical (unpaired) electrons. The molecule has 1 unspecified atom stereocenters. The number of piperidine rings is 1. The Hall–Kier alpha value is -4.44. The number of imidazole rings is 1. The molecule has 2 aliphatic heterocycles. The first-order chi connectivity index (χ1) is 21.0. The number of benzene rings is 2. The Morgan fingerprint density at radius 2 is 1.91 bits per heavy atom. The topological polar surface area (TPSA) is 112 Å². The van der Waals surface area contributed by atoms with Crippen molar-refractivity contribution < 1.29 is 9.53 Å². The van der Waals surface area contributed by atoms with Crippen LogP contribution in [0.1, 0.15) is 60.0 Å². The Bertz CT molecular complexity index is 1850. The highest BCUT2D eigenvalue weighted by atomic mass is 16.6. The molecule has 3 aromatic heterocycles. The second-order valence-electron chi connectivity index (χ2n) is 11.9. The van der Waals surface area contributed by atoms with Crippen LogP contribution in [0.3, 0.4) is 0 Å². The van der Waals surface area contributed by atoms with Gasteiger partial charge in [-0.2, -0.15) is 5.10 Å². The molecule has 1 amide bonds. The molecular formula is C33H37N7O3. The van der Waals surface area contributed by atoms with E-state index in [1.54, 1.807) is 4.90 Å². The van der Waals surface area contributed by atoms with Crippen LogP contribution in [-0.2, 0) is 24.2 Å². The third kappa shape index (κ3) is 5.31. The smallest absolute Gasteiger partial charge is 0.410 e. The molecule has 10 nitrogen and oxygen atoms in total.